The van der Waals surface area contributed by atoms with Crippen LogP contribution in [-0.4, -0.2) is 24.6 Å². The standard InChI is InChI=1S/C17H30O4/c1-2-3-4-5-6-7-8-9-10-11-12-13-16(18)21-17(19)15-14-20-15/h15H,2-14H2,1H3. The van der Waals surface area contributed by atoms with Crippen LogP contribution in [-0.2, 0) is 19.1 Å². The van der Waals surface area contributed by atoms with Crippen LogP contribution in [0, 0.1) is 0 Å². The molecule has 1 aliphatic rings. The number of hydrogen-bond donors (Lipinski definition) is 0. The minimum Gasteiger partial charge on any atom is -0.391 e. The summed E-state index contributed by atoms with van der Waals surface area (Å²) >= 11 is 0. The zero-order valence-electron chi connectivity index (χ0n) is 13.4. The van der Waals surface area contributed by atoms with Gasteiger partial charge < -0.3 is 9.47 Å². The monoisotopic (exact) mass is 298 g/mol. The van der Waals surface area contributed by atoms with Crippen molar-refractivity contribution in [3.8, 4) is 0 Å². The first-order chi connectivity index (χ1) is 10.2. The normalized spacial score (nSPS) is 16.7. The Morgan fingerprint density at radius 2 is 1.38 bits per heavy atom. The molecule has 0 aliphatic carbocycles. The molecule has 0 saturated carbocycles. The maximum absolute atomic E-state index is 11.3. The first kappa shape index (κ1) is 18.1. The summed E-state index contributed by atoms with van der Waals surface area (Å²) in [5.74, 6) is -0.936. The molecule has 122 valence electrons. The van der Waals surface area contributed by atoms with Crippen LogP contribution < -0.4 is 0 Å². The number of esters is 2. The lowest BCUT2D eigenvalue weighted by Gasteiger charge is -2.03. The van der Waals surface area contributed by atoms with Crippen molar-refractivity contribution in [2.24, 2.45) is 0 Å². The van der Waals surface area contributed by atoms with Gasteiger partial charge >= 0.3 is 11.9 Å². The topological polar surface area (TPSA) is 55.9 Å². The minimum atomic E-state index is -0.525. The van der Waals surface area contributed by atoms with E-state index in [4.69, 9.17) is 4.74 Å². The molecule has 1 fully saturated rings. The van der Waals surface area contributed by atoms with Crippen LogP contribution in [0.25, 0.3) is 0 Å². The number of rotatable bonds is 13. The molecule has 1 rings (SSSR count). The SMILES string of the molecule is CCCCCCCCCCCCCC(=O)OC(=O)C1CO1. The van der Waals surface area contributed by atoms with Gasteiger partial charge in [0.15, 0.2) is 6.10 Å². The molecule has 0 aromatic carbocycles. The molecule has 1 heterocycles. The Morgan fingerprint density at radius 3 is 1.86 bits per heavy atom. The molecule has 0 bridgehead atoms. The zero-order valence-corrected chi connectivity index (χ0v) is 13.4. The Bertz CT molecular complexity index is 297. The summed E-state index contributed by atoms with van der Waals surface area (Å²) in [5.41, 5.74) is 0. The van der Waals surface area contributed by atoms with Crippen molar-refractivity contribution < 1.29 is 19.1 Å². The second-order valence-electron chi connectivity index (χ2n) is 5.90. The van der Waals surface area contributed by atoms with Crippen LogP contribution >= 0.6 is 0 Å². The van der Waals surface area contributed by atoms with E-state index in [0.717, 1.165) is 12.8 Å². The lowest BCUT2D eigenvalue weighted by Crippen LogP contribution is -2.16. The largest absolute Gasteiger partial charge is 0.391 e. The Labute approximate surface area is 128 Å². The molecular weight excluding hydrogens is 268 g/mol. The highest BCUT2D eigenvalue weighted by Gasteiger charge is 2.34. The maximum atomic E-state index is 11.3. The average molecular weight is 298 g/mol. The van der Waals surface area contributed by atoms with Crippen molar-refractivity contribution in [3.63, 3.8) is 0 Å². The van der Waals surface area contributed by atoms with Crippen LogP contribution in [0.2, 0.25) is 0 Å². The molecule has 1 atom stereocenters. The van der Waals surface area contributed by atoms with Crippen LogP contribution in [0.4, 0.5) is 0 Å². The molecule has 0 N–H and O–H groups in total. The number of epoxide rings is 1. The second kappa shape index (κ2) is 11.7. The zero-order chi connectivity index (χ0) is 15.3. The molecule has 21 heavy (non-hydrogen) atoms. The number of hydrogen-bond acceptors (Lipinski definition) is 4. The van der Waals surface area contributed by atoms with E-state index in [1.165, 1.54) is 57.8 Å². The van der Waals surface area contributed by atoms with Gasteiger partial charge in [-0.25, -0.2) is 4.79 Å². The van der Waals surface area contributed by atoms with Crippen LogP contribution in [0.15, 0.2) is 0 Å². The van der Waals surface area contributed by atoms with Crippen molar-refractivity contribution in [1.29, 1.82) is 0 Å². The van der Waals surface area contributed by atoms with Crippen molar-refractivity contribution in [3.05, 3.63) is 0 Å². The molecule has 0 spiro atoms. The van der Waals surface area contributed by atoms with Gasteiger partial charge in [0, 0.05) is 6.42 Å². The Hall–Kier alpha value is -0.900. The first-order valence-electron chi connectivity index (χ1n) is 8.60. The third-order valence-electron chi connectivity index (χ3n) is 3.80. The van der Waals surface area contributed by atoms with Gasteiger partial charge in [0.1, 0.15) is 0 Å². The number of ether oxygens (including phenoxy) is 2. The highest BCUT2D eigenvalue weighted by Crippen LogP contribution is 2.13. The number of carbonyl (C=O) groups excluding carboxylic acids is 2. The Kier molecular flexibility index (Phi) is 10.1. The molecule has 1 aliphatic heterocycles. The average Bonchev–Trinajstić information content (AvgIpc) is 3.29. The molecule has 0 radical (unpaired) electrons. The summed E-state index contributed by atoms with van der Waals surface area (Å²) in [6.07, 6.45) is 13.6. The molecule has 4 heteroatoms. The molecule has 4 nitrogen and oxygen atoms in total. The van der Waals surface area contributed by atoms with Gasteiger partial charge in [-0.3, -0.25) is 4.79 Å². The predicted molar refractivity (Wildman–Crippen MR) is 81.9 cm³/mol. The fraction of sp³-hybridized carbons (Fsp3) is 0.882. The van der Waals surface area contributed by atoms with E-state index >= 15 is 0 Å². The smallest absolute Gasteiger partial charge is 0.345 e. The van der Waals surface area contributed by atoms with Gasteiger partial charge in [-0.15, -0.1) is 0 Å². The third-order valence-corrected chi connectivity index (χ3v) is 3.80. The second-order valence-corrected chi connectivity index (χ2v) is 5.90. The van der Waals surface area contributed by atoms with Crippen molar-refractivity contribution >= 4 is 11.9 Å². The summed E-state index contributed by atoms with van der Waals surface area (Å²) in [7, 11) is 0. The van der Waals surface area contributed by atoms with E-state index in [2.05, 4.69) is 11.7 Å². The van der Waals surface area contributed by atoms with Crippen LogP contribution in [0.5, 0.6) is 0 Å². The molecule has 0 amide bonds. The minimum absolute atomic E-state index is 0.343. The lowest BCUT2D eigenvalue weighted by molar-refractivity contribution is -0.160. The van der Waals surface area contributed by atoms with Gasteiger partial charge in [0.25, 0.3) is 0 Å². The highest BCUT2D eigenvalue weighted by molar-refractivity contribution is 5.88. The summed E-state index contributed by atoms with van der Waals surface area (Å²) in [6.45, 7) is 2.63. The molecule has 1 unspecified atom stereocenters. The fourth-order valence-corrected chi connectivity index (χ4v) is 2.35. The van der Waals surface area contributed by atoms with E-state index in [1.54, 1.807) is 0 Å². The van der Waals surface area contributed by atoms with Gasteiger partial charge in [-0.1, -0.05) is 71.1 Å². The summed E-state index contributed by atoms with van der Waals surface area (Å²) in [5, 5.41) is 0. The van der Waals surface area contributed by atoms with Crippen molar-refractivity contribution in [1.82, 2.24) is 0 Å². The molecule has 1 saturated heterocycles. The Balaban J connectivity index is 1.77. The van der Waals surface area contributed by atoms with E-state index in [-0.39, 0.29) is 0 Å². The van der Waals surface area contributed by atoms with Gasteiger partial charge in [-0.05, 0) is 6.42 Å². The van der Waals surface area contributed by atoms with E-state index < -0.39 is 18.0 Å². The molecule has 0 aromatic rings. The number of unbranched alkanes of at least 4 members (excludes halogenated alkanes) is 10. The van der Waals surface area contributed by atoms with E-state index in [9.17, 15) is 9.59 Å². The summed E-state index contributed by atoms with van der Waals surface area (Å²) < 4.78 is 9.42. The van der Waals surface area contributed by atoms with E-state index in [0.29, 0.717) is 13.0 Å². The third kappa shape index (κ3) is 10.5. The van der Waals surface area contributed by atoms with E-state index in [1.807, 2.05) is 0 Å². The van der Waals surface area contributed by atoms with Gasteiger partial charge in [-0.2, -0.15) is 0 Å². The summed E-state index contributed by atoms with van der Waals surface area (Å²) in [6, 6.07) is 0. The quantitative estimate of drug-likeness (QED) is 0.222. The Morgan fingerprint density at radius 1 is 0.905 bits per heavy atom. The molecular formula is C17H30O4. The van der Waals surface area contributed by atoms with Gasteiger partial charge in [0.05, 0.1) is 6.61 Å². The molecule has 0 aromatic heterocycles. The fourth-order valence-electron chi connectivity index (χ4n) is 2.35. The number of carbonyl (C=O) groups is 2. The lowest BCUT2D eigenvalue weighted by atomic mass is 10.1. The summed E-state index contributed by atoms with van der Waals surface area (Å²) in [4.78, 5) is 22.5. The van der Waals surface area contributed by atoms with Gasteiger partial charge in [0.2, 0.25) is 0 Å². The highest BCUT2D eigenvalue weighted by atomic mass is 16.6. The van der Waals surface area contributed by atoms with Crippen molar-refractivity contribution in [2.45, 2.75) is 90.1 Å². The predicted octanol–water partition coefficient (Wildman–Crippen LogP) is 4.16. The first-order valence-corrected chi connectivity index (χ1v) is 8.60. The van der Waals surface area contributed by atoms with Crippen LogP contribution in [0.3, 0.4) is 0 Å². The van der Waals surface area contributed by atoms with Crippen LogP contribution in [0.1, 0.15) is 84.0 Å². The maximum Gasteiger partial charge on any atom is 0.345 e. The van der Waals surface area contributed by atoms with Crippen molar-refractivity contribution in [2.75, 3.05) is 6.61 Å².